The minimum atomic E-state index is -0.133. The molecular formula is C10H12IN5O. The molecule has 0 spiro atoms. The lowest BCUT2D eigenvalue weighted by Gasteiger charge is -2.05. The lowest BCUT2D eigenvalue weighted by atomic mass is 10.2. The van der Waals surface area contributed by atoms with E-state index in [9.17, 15) is 4.79 Å². The highest BCUT2D eigenvalue weighted by molar-refractivity contribution is 14.1. The van der Waals surface area contributed by atoms with Crippen molar-refractivity contribution in [3.05, 3.63) is 37.7 Å². The molecular weight excluding hydrogens is 333 g/mol. The van der Waals surface area contributed by atoms with Gasteiger partial charge >= 0.3 is 0 Å². The molecule has 2 rings (SSSR count). The molecule has 0 bridgehead atoms. The predicted molar refractivity (Wildman–Crippen MR) is 72.8 cm³/mol. The summed E-state index contributed by atoms with van der Waals surface area (Å²) < 4.78 is 2.33. The minimum Gasteiger partial charge on any atom is -0.365 e. The van der Waals surface area contributed by atoms with E-state index in [1.807, 2.05) is 42.8 Å². The van der Waals surface area contributed by atoms with E-state index in [-0.39, 0.29) is 5.56 Å². The van der Waals surface area contributed by atoms with Gasteiger partial charge in [-0.3, -0.25) is 9.48 Å². The number of aryl methyl sites for hydroxylation is 2. The van der Waals surface area contributed by atoms with Crippen LogP contribution in [-0.2, 0) is 13.6 Å². The van der Waals surface area contributed by atoms with Gasteiger partial charge in [-0.05, 0) is 29.5 Å². The van der Waals surface area contributed by atoms with Crippen molar-refractivity contribution in [1.29, 1.82) is 0 Å². The molecule has 2 N–H and O–H groups in total. The maximum absolute atomic E-state index is 11.4. The Morgan fingerprint density at radius 2 is 2.35 bits per heavy atom. The standard InChI is InChI=1S/C10H12IN5O/c1-6-7(4-16(2)15-6)3-12-9-8(11)10(17)14-5-13-9/h4-5H,3H2,1-2H3,(H2,12,13,14,17). The molecule has 90 valence electrons. The van der Waals surface area contributed by atoms with Crippen LogP contribution in [0.2, 0.25) is 0 Å². The Bertz CT molecular complexity index is 589. The Kier molecular flexibility index (Phi) is 3.46. The van der Waals surface area contributed by atoms with E-state index in [0.717, 1.165) is 11.3 Å². The molecule has 2 aromatic heterocycles. The Hall–Kier alpha value is -1.38. The zero-order chi connectivity index (χ0) is 12.4. The van der Waals surface area contributed by atoms with E-state index in [2.05, 4.69) is 20.4 Å². The summed E-state index contributed by atoms with van der Waals surface area (Å²) in [5, 5.41) is 7.38. The van der Waals surface area contributed by atoms with Crippen molar-refractivity contribution in [2.75, 3.05) is 5.32 Å². The Morgan fingerprint density at radius 3 is 3.00 bits per heavy atom. The first-order chi connectivity index (χ1) is 8.08. The van der Waals surface area contributed by atoms with Gasteiger partial charge in [0.1, 0.15) is 9.39 Å². The maximum atomic E-state index is 11.4. The third-order valence-corrected chi connectivity index (χ3v) is 3.36. The molecule has 6 nitrogen and oxygen atoms in total. The molecule has 0 atom stereocenters. The van der Waals surface area contributed by atoms with E-state index in [4.69, 9.17) is 0 Å². The van der Waals surface area contributed by atoms with Gasteiger partial charge in [0.2, 0.25) is 0 Å². The first kappa shape index (κ1) is 12.1. The van der Waals surface area contributed by atoms with Crippen LogP contribution in [-0.4, -0.2) is 19.7 Å². The second kappa shape index (κ2) is 4.86. The third kappa shape index (κ3) is 2.65. The molecule has 2 aromatic rings. The fourth-order valence-electron chi connectivity index (χ4n) is 1.51. The highest BCUT2D eigenvalue weighted by atomic mass is 127. The van der Waals surface area contributed by atoms with Crippen molar-refractivity contribution < 1.29 is 0 Å². The molecule has 0 amide bonds. The van der Waals surface area contributed by atoms with Gasteiger partial charge in [0.25, 0.3) is 5.56 Å². The zero-order valence-electron chi connectivity index (χ0n) is 9.49. The summed E-state index contributed by atoms with van der Waals surface area (Å²) in [6.07, 6.45) is 3.34. The molecule has 0 saturated heterocycles. The van der Waals surface area contributed by atoms with E-state index in [1.54, 1.807) is 4.68 Å². The third-order valence-electron chi connectivity index (χ3n) is 2.36. The van der Waals surface area contributed by atoms with Crippen LogP contribution in [0.25, 0.3) is 0 Å². The van der Waals surface area contributed by atoms with Crippen LogP contribution in [0.5, 0.6) is 0 Å². The van der Waals surface area contributed by atoms with Crippen LogP contribution < -0.4 is 10.9 Å². The summed E-state index contributed by atoms with van der Waals surface area (Å²) in [4.78, 5) is 18.0. The van der Waals surface area contributed by atoms with E-state index in [0.29, 0.717) is 15.9 Å². The topological polar surface area (TPSA) is 75.6 Å². The quantitative estimate of drug-likeness (QED) is 0.815. The molecule has 2 heterocycles. The van der Waals surface area contributed by atoms with Gasteiger partial charge in [0, 0.05) is 25.4 Å². The van der Waals surface area contributed by atoms with Crippen molar-refractivity contribution in [2.24, 2.45) is 7.05 Å². The predicted octanol–water partition coefficient (Wildman–Crippen LogP) is 1.03. The van der Waals surface area contributed by atoms with Crippen LogP contribution in [0.1, 0.15) is 11.3 Å². The number of hydrogen-bond donors (Lipinski definition) is 2. The summed E-state index contributed by atoms with van der Waals surface area (Å²) in [6, 6.07) is 0. The second-order valence-corrected chi connectivity index (χ2v) is 4.74. The molecule has 0 radical (unpaired) electrons. The van der Waals surface area contributed by atoms with Crippen LogP contribution >= 0.6 is 22.6 Å². The van der Waals surface area contributed by atoms with Crippen molar-refractivity contribution in [2.45, 2.75) is 13.5 Å². The Morgan fingerprint density at radius 1 is 1.59 bits per heavy atom. The molecule has 0 saturated carbocycles. The molecule has 0 aliphatic carbocycles. The zero-order valence-corrected chi connectivity index (χ0v) is 11.6. The van der Waals surface area contributed by atoms with Gasteiger partial charge in [0.05, 0.1) is 12.0 Å². The smallest absolute Gasteiger partial charge is 0.266 e. The minimum absolute atomic E-state index is 0.133. The highest BCUT2D eigenvalue weighted by Crippen LogP contribution is 2.12. The SMILES string of the molecule is Cc1nn(C)cc1CNc1nc[nH]c(=O)c1I. The number of rotatable bonds is 3. The van der Waals surface area contributed by atoms with Crippen LogP contribution in [0.4, 0.5) is 5.82 Å². The van der Waals surface area contributed by atoms with Gasteiger partial charge in [0.15, 0.2) is 0 Å². The molecule has 0 aliphatic heterocycles. The van der Waals surface area contributed by atoms with E-state index >= 15 is 0 Å². The number of aromatic nitrogens is 4. The number of hydrogen-bond acceptors (Lipinski definition) is 4. The Balaban J connectivity index is 2.15. The van der Waals surface area contributed by atoms with Crippen LogP contribution in [0, 0.1) is 10.5 Å². The average Bonchev–Trinajstić information content (AvgIpc) is 2.60. The van der Waals surface area contributed by atoms with Gasteiger partial charge in [-0.1, -0.05) is 0 Å². The number of aromatic amines is 1. The number of nitrogens with one attached hydrogen (secondary N) is 2. The summed E-state index contributed by atoms with van der Waals surface area (Å²) in [7, 11) is 1.88. The van der Waals surface area contributed by atoms with Crippen molar-refractivity contribution in [3.8, 4) is 0 Å². The summed E-state index contributed by atoms with van der Waals surface area (Å²) >= 11 is 1.97. The molecule has 0 fully saturated rings. The Labute approximate surface area is 112 Å². The summed E-state index contributed by atoms with van der Waals surface area (Å²) in [5.41, 5.74) is 1.93. The summed E-state index contributed by atoms with van der Waals surface area (Å²) in [5.74, 6) is 0.595. The number of halogens is 1. The number of nitrogens with zero attached hydrogens (tertiary/aromatic N) is 3. The largest absolute Gasteiger partial charge is 0.365 e. The number of H-pyrrole nitrogens is 1. The lowest BCUT2D eigenvalue weighted by Crippen LogP contribution is -2.14. The molecule has 17 heavy (non-hydrogen) atoms. The fraction of sp³-hybridized carbons (Fsp3) is 0.300. The van der Waals surface area contributed by atoms with Crippen LogP contribution in [0.15, 0.2) is 17.3 Å². The highest BCUT2D eigenvalue weighted by Gasteiger charge is 2.07. The molecule has 0 aromatic carbocycles. The van der Waals surface area contributed by atoms with Crippen molar-refractivity contribution in [1.82, 2.24) is 19.7 Å². The van der Waals surface area contributed by atoms with Crippen LogP contribution in [0.3, 0.4) is 0 Å². The van der Waals surface area contributed by atoms with Gasteiger partial charge in [-0.2, -0.15) is 5.10 Å². The van der Waals surface area contributed by atoms with Crippen molar-refractivity contribution >= 4 is 28.4 Å². The fourth-order valence-corrected chi connectivity index (χ4v) is 1.99. The normalized spacial score (nSPS) is 10.5. The van der Waals surface area contributed by atoms with Gasteiger partial charge in [-0.15, -0.1) is 0 Å². The monoisotopic (exact) mass is 345 g/mol. The molecule has 0 aliphatic rings. The van der Waals surface area contributed by atoms with Gasteiger partial charge < -0.3 is 10.3 Å². The second-order valence-electron chi connectivity index (χ2n) is 3.66. The summed E-state index contributed by atoms with van der Waals surface area (Å²) in [6.45, 7) is 2.55. The van der Waals surface area contributed by atoms with Crippen molar-refractivity contribution in [3.63, 3.8) is 0 Å². The molecule has 7 heteroatoms. The number of anilines is 1. The van der Waals surface area contributed by atoms with Gasteiger partial charge in [-0.25, -0.2) is 4.98 Å². The first-order valence-electron chi connectivity index (χ1n) is 5.04. The van der Waals surface area contributed by atoms with E-state index < -0.39 is 0 Å². The average molecular weight is 345 g/mol. The maximum Gasteiger partial charge on any atom is 0.266 e. The molecule has 0 unspecified atom stereocenters. The van der Waals surface area contributed by atoms with E-state index in [1.165, 1.54) is 6.33 Å². The first-order valence-corrected chi connectivity index (χ1v) is 6.12. The lowest BCUT2D eigenvalue weighted by molar-refractivity contribution is 0.756.